The molecule has 174 valence electrons. The molecule has 1 aromatic heterocycles. The number of ether oxygens (including phenoxy) is 1. The average molecular weight is 538 g/mol. The van der Waals surface area contributed by atoms with Crippen molar-refractivity contribution >= 4 is 56.0 Å². The first-order chi connectivity index (χ1) is 16.1. The highest BCUT2D eigenvalue weighted by molar-refractivity contribution is 9.10. The molecule has 2 N–H and O–H groups in total. The number of methoxy groups -OCH3 is 1. The Hall–Kier alpha value is -3.23. The first kappa shape index (κ1) is 23.9. The number of carbonyl (C=O) groups is 1. The summed E-state index contributed by atoms with van der Waals surface area (Å²) < 4.78 is 11.8. The fourth-order valence-corrected chi connectivity index (χ4v) is 4.14. The standard InChI is InChI=1S/C26H24BrN3O3S/c1-26(2,3)17-8-5-15(6-9-17)24-29-20-14-18(10-12-22(20)33-24)28-25(34)30-23(31)16-7-11-21(32-4)19(27)13-16/h5-14H,1-4H3,(H2,28,30,31,34). The lowest BCUT2D eigenvalue weighted by molar-refractivity contribution is 0.0977. The van der Waals surface area contributed by atoms with E-state index in [1.807, 2.05) is 30.3 Å². The largest absolute Gasteiger partial charge is 0.496 e. The lowest BCUT2D eigenvalue weighted by atomic mass is 9.87. The minimum absolute atomic E-state index is 0.0815. The molecule has 34 heavy (non-hydrogen) atoms. The van der Waals surface area contributed by atoms with Crippen molar-refractivity contribution in [1.29, 1.82) is 0 Å². The summed E-state index contributed by atoms with van der Waals surface area (Å²) in [4.78, 5) is 17.2. The van der Waals surface area contributed by atoms with Gasteiger partial charge in [-0.2, -0.15) is 0 Å². The molecule has 8 heteroatoms. The highest BCUT2D eigenvalue weighted by atomic mass is 79.9. The number of anilines is 1. The van der Waals surface area contributed by atoms with Crippen molar-refractivity contribution in [2.24, 2.45) is 0 Å². The van der Waals surface area contributed by atoms with Gasteiger partial charge in [0.2, 0.25) is 5.89 Å². The summed E-state index contributed by atoms with van der Waals surface area (Å²) in [5, 5.41) is 5.89. The van der Waals surface area contributed by atoms with E-state index in [2.05, 4.69) is 64.5 Å². The van der Waals surface area contributed by atoms with Gasteiger partial charge in [-0.05, 0) is 87.7 Å². The molecule has 0 saturated heterocycles. The van der Waals surface area contributed by atoms with E-state index < -0.39 is 0 Å². The molecular weight excluding hydrogens is 514 g/mol. The number of hydrogen-bond acceptors (Lipinski definition) is 5. The number of aromatic nitrogens is 1. The van der Waals surface area contributed by atoms with Crippen LogP contribution >= 0.6 is 28.1 Å². The molecule has 0 fully saturated rings. The lowest BCUT2D eigenvalue weighted by Gasteiger charge is -2.18. The van der Waals surface area contributed by atoms with Crippen LogP contribution in [0.15, 0.2) is 69.6 Å². The highest BCUT2D eigenvalue weighted by Gasteiger charge is 2.15. The van der Waals surface area contributed by atoms with Gasteiger partial charge in [-0.15, -0.1) is 0 Å². The first-order valence-electron chi connectivity index (χ1n) is 10.6. The quantitative estimate of drug-likeness (QED) is 0.282. The van der Waals surface area contributed by atoms with Gasteiger partial charge in [-0.1, -0.05) is 32.9 Å². The number of amides is 1. The Morgan fingerprint density at radius 3 is 2.44 bits per heavy atom. The molecule has 1 amide bonds. The van der Waals surface area contributed by atoms with Gasteiger partial charge in [0.25, 0.3) is 5.91 Å². The Labute approximate surface area is 211 Å². The van der Waals surface area contributed by atoms with E-state index in [0.717, 1.165) is 5.56 Å². The van der Waals surface area contributed by atoms with Crippen LogP contribution in [0.1, 0.15) is 36.7 Å². The number of thiocarbonyl (C=S) groups is 1. The Morgan fingerprint density at radius 2 is 1.79 bits per heavy atom. The zero-order valence-corrected chi connectivity index (χ0v) is 21.6. The van der Waals surface area contributed by atoms with E-state index in [0.29, 0.717) is 38.5 Å². The second kappa shape index (κ2) is 9.56. The Balaban J connectivity index is 1.46. The zero-order valence-electron chi connectivity index (χ0n) is 19.2. The third-order valence-corrected chi connectivity index (χ3v) is 6.11. The van der Waals surface area contributed by atoms with Crippen molar-refractivity contribution < 1.29 is 13.9 Å². The molecule has 0 atom stereocenters. The van der Waals surface area contributed by atoms with Gasteiger partial charge < -0.3 is 14.5 Å². The number of oxazole rings is 1. The van der Waals surface area contributed by atoms with Crippen LogP contribution in [0.3, 0.4) is 0 Å². The number of nitrogens with zero attached hydrogens (tertiary/aromatic N) is 1. The topological polar surface area (TPSA) is 76.4 Å². The van der Waals surface area contributed by atoms with Crippen LogP contribution in [0.5, 0.6) is 5.75 Å². The second-order valence-corrected chi connectivity index (χ2v) is 10.0. The number of nitrogens with one attached hydrogen (secondary N) is 2. The molecular formula is C26H24BrN3O3S. The van der Waals surface area contributed by atoms with E-state index in [9.17, 15) is 4.79 Å². The second-order valence-electron chi connectivity index (χ2n) is 8.79. The maximum Gasteiger partial charge on any atom is 0.257 e. The first-order valence-corrected chi connectivity index (χ1v) is 11.8. The third-order valence-electron chi connectivity index (χ3n) is 5.28. The molecule has 0 spiro atoms. The fraction of sp³-hybridized carbons (Fsp3) is 0.192. The predicted molar refractivity (Wildman–Crippen MR) is 143 cm³/mol. The van der Waals surface area contributed by atoms with Crippen LogP contribution in [0.2, 0.25) is 0 Å². The lowest BCUT2D eigenvalue weighted by Crippen LogP contribution is -2.34. The minimum Gasteiger partial charge on any atom is -0.496 e. The Bertz CT molecular complexity index is 1370. The van der Waals surface area contributed by atoms with E-state index in [4.69, 9.17) is 21.4 Å². The summed E-state index contributed by atoms with van der Waals surface area (Å²) in [6.45, 7) is 6.54. The average Bonchev–Trinajstić information content (AvgIpc) is 3.22. The summed E-state index contributed by atoms with van der Waals surface area (Å²) >= 11 is 8.70. The maximum atomic E-state index is 12.5. The van der Waals surface area contributed by atoms with Crippen LogP contribution in [0.25, 0.3) is 22.6 Å². The molecule has 6 nitrogen and oxygen atoms in total. The maximum absolute atomic E-state index is 12.5. The summed E-state index contributed by atoms with van der Waals surface area (Å²) in [6.07, 6.45) is 0. The fourth-order valence-electron chi connectivity index (χ4n) is 3.39. The summed E-state index contributed by atoms with van der Waals surface area (Å²) in [6, 6.07) is 18.8. The number of hydrogen-bond donors (Lipinski definition) is 2. The van der Waals surface area contributed by atoms with E-state index in [1.54, 1.807) is 25.3 Å². The van der Waals surface area contributed by atoms with Crippen molar-refractivity contribution in [2.45, 2.75) is 26.2 Å². The molecule has 0 aliphatic rings. The molecule has 4 aromatic rings. The minimum atomic E-state index is -0.329. The van der Waals surface area contributed by atoms with E-state index in [-0.39, 0.29) is 16.4 Å². The molecule has 3 aromatic carbocycles. The van der Waals surface area contributed by atoms with Crippen LogP contribution < -0.4 is 15.4 Å². The molecule has 4 rings (SSSR count). The number of rotatable bonds is 4. The Morgan fingerprint density at radius 1 is 1.06 bits per heavy atom. The van der Waals surface area contributed by atoms with Crippen molar-refractivity contribution in [3.63, 3.8) is 0 Å². The monoisotopic (exact) mass is 537 g/mol. The van der Waals surface area contributed by atoms with Gasteiger partial charge in [0.1, 0.15) is 11.3 Å². The van der Waals surface area contributed by atoms with Crippen molar-refractivity contribution in [2.75, 3.05) is 12.4 Å². The molecule has 0 saturated carbocycles. The van der Waals surface area contributed by atoms with E-state index >= 15 is 0 Å². The van der Waals surface area contributed by atoms with Gasteiger partial charge in [0.05, 0.1) is 11.6 Å². The molecule has 0 unspecified atom stereocenters. The van der Waals surface area contributed by atoms with Crippen molar-refractivity contribution in [3.8, 4) is 17.2 Å². The normalized spacial score (nSPS) is 11.3. The number of fused-ring (bicyclic) bond motifs is 1. The SMILES string of the molecule is COc1ccc(C(=O)NC(=S)Nc2ccc3oc(-c4ccc(C(C)(C)C)cc4)nc3c2)cc1Br. The van der Waals surface area contributed by atoms with Gasteiger partial charge in [-0.25, -0.2) is 4.98 Å². The molecule has 1 heterocycles. The van der Waals surface area contributed by atoms with E-state index in [1.165, 1.54) is 5.56 Å². The molecule has 0 aliphatic heterocycles. The van der Waals surface area contributed by atoms with Gasteiger partial charge >= 0.3 is 0 Å². The number of halogens is 1. The third kappa shape index (κ3) is 5.29. The van der Waals surface area contributed by atoms with Crippen LogP contribution in [0, 0.1) is 0 Å². The number of carbonyl (C=O) groups excluding carboxylic acids is 1. The number of benzene rings is 3. The van der Waals surface area contributed by atoms with Crippen molar-refractivity contribution in [3.05, 3.63) is 76.3 Å². The molecule has 0 radical (unpaired) electrons. The summed E-state index contributed by atoms with van der Waals surface area (Å²) in [7, 11) is 1.57. The van der Waals surface area contributed by atoms with Gasteiger partial charge in [0, 0.05) is 16.8 Å². The van der Waals surface area contributed by atoms with Crippen LogP contribution in [-0.2, 0) is 5.41 Å². The summed E-state index contributed by atoms with van der Waals surface area (Å²) in [5.41, 5.74) is 4.73. The van der Waals surface area contributed by atoms with Crippen LogP contribution in [0.4, 0.5) is 5.69 Å². The molecule has 0 aliphatic carbocycles. The van der Waals surface area contributed by atoms with Crippen LogP contribution in [-0.4, -0.2) is 23.1 Å². The zero-order chi connectivity index (χ0) is 24.5. The summed E-state index contributed by atoms with van der Waals surface area (Å²) in [5.74, 6) is 0.862. The highest BCUT2D eigenvalue weighted by Crippen LogP contribution is 2.29. The molecule has 0 bridgehead atoms. The predicted octanol–water partition coefficient (Wildman–Crippen LogP) is 6.69. The van der Waals surface area contributed by atoms with Gasteiger partial charge in [0.15, 0.2) is 10.7 Å². The Kier molecular flexibility index (Phi) is 6.72. The van der Waals surface area contributed by atoms with Gasteiger partial charge in [-0.3, -0.25) is 10.1 Å². The smallest absolute Gasteiger partial charge is 0.257 e. The van der Waals surface area contributed by atoms with Crippen molar-refractivity contribution in [1.82, 2.24) is 10.3 Å².